The summed E-state index contributed by atoms with van der Waals surface area (Å²) in [6, 6.07) is 0. The Labute approximate surface area is 73.6 Å². The van der Waals surface area contributed by atoms with Crippen molar-refractivity contribution in [1.29, 1.82) is 0 Å². The van der Waals surface area contributed by atoms with Crippen molar-refractivity contribution in [3.63, 3.8) is 0 Å². The molecule has 0 spiro atoms. The third-order valence-corrected chi connectivity index (χ3v) is 2.70. The summed E-state index contributed by atoms with van der Waals surface area (Å²) in [6.45, 7) is 6.13. The first kappa shape index (κ1) is 9.23. The van der Waals surface area contributed by atoms with E-state index < -0.39 is 0 Å². The molecule has 4 N–H and O–H groups in total. The van der Waals surface area contributed by atoms with Crippen molar-refractivity contribution < 1.29 is 5.41 Å². The minimum absolute atomic E-state index is 0.167. The third kappa shape index (κ3) is 1.49. The molecule has 68 valence electrons. The number of rotatable bonds is 2. The maximum absolute atomic E-state index is 5.86. The van der Waals surface area contributed by atoms with Crippen LogP contribution in [0.5, 0.6) is 0 Å². The molecule has 0 unspecified atom stereocenters. The second-order valence-electron chi connectivity index (χ2n) is 3.95. The van der Waals surface area contributed by atoms with E-state index in [0.717, 1.165) is 18.7 Å². The van der Waals surface area contributed by atoms with Crippen LogP contribution < -0.4 is 11.1 Å². The molecule has 0 amide bonds. The summed E-state index contributed by atoms with van der Waals surface area (Å²) >= 11 is 0. The second-order valence-corrected chi connectivity index (χ2v) is 3.95. The van der Waals surface area contributed by atoms with Gasteiger partial charge in [-0.3, -0.25) is 5.41 Å². The van der Waals surface area contributed by atoms with Crippen LogP contribution in [0.25, 0.3) is 0 Å². The fourth-order valence-corrected chi connectivity index (χ4v) is 1.57. The van der Waals surface area contributed by atoms with Crippen molar-refractivity contribution in [2.75, 3.05) is 0 Å². The molecule has 1 aliphatic rings. The molecule has 3 nitrogen and oxygen atoms in total. The summed E-state index contributed by atoms with van der Waals surface area (Å²) in [7, 11) is 0. The summed E-state index contributed by atoms with van der Waals surface area (Å²) in [5.41, 5.74) is 5.63. The zero-order valence-corrected chi connectivity index (χ0v) is 8.09. The second kappa shape index (κ2) is 2.88. The molecule has 0 aliphatic heterocycles. The fourth-order valence-electron chi connectivity index (χ4n) is 1.57. The summed E-state index contributed by atoms with van der Waals surface area (Å²) in [6.07, 6.45) is 2.32. The number of amidine groups is 2. The molecule has 0 aromatic rings. The zero-order chi connectivity index (χ0) is 9.35. The minimum atomic E-state index is 0.167. The Morgan fingerprint density at radius 2 is 2.00 bits per heavy atom. The van der Waals surface area contributed by atoms with Gasteiger partial charge in [0.25, 0.3) is 5.84 Å². The van der Waals surface area contributed by atoms with Gasteiger partial charge in [0.05, 0.1) is 5.41 Å². The van der Waals surface area contributed by atoms with E-state index in [2.05, 4.69) is 18.8 Å². The first-order chi connectivity index (χ1) is 5.49. The van der Waals surface area contributed by atoms with Crippen LogP contribution in [0.3, 0.4) is 0 Å². The van der Waals surface area contributed by atoms with Gasteiger partial charge in [0.2, 0.25) is 5.84 Å². The molecule has 0 saturated heterocycles. The van der Waals surface area contributed by atoms with Crippen molar-refractivity contribution in [2.24, 2.45) is 22.1 Å². The van der Waals surface area contributed by atoms with Gasteiger partial charge in [0, 0.05) is 6.92 Å². The SMILES string of the molecule is CC(N)=NC(=[NH2+])C1(C(C)C)CC1. The normalized spacial score (nSPS) is 21.2. The highest BCUT2D eigenvalue weighted by molar-refractivity contribution is 5.96. The molecule has 0 bridgehead atoms. The van der Waals surface area contributed by atoms with Crippen LogP contribution in [-0.4, -0.2) is 11.7 Å². The lowest BCUT2D eigenvalue weighted by Gasteiger charge is -2.11. The van der Waals surface area contributed by atoms with Crippen LogP contribution in [0.2, 0.25) is 0 Å². The fraction of sp³-hybridized carbons (Fsp3) is 0.778. The van der Waals surface area contributed by atoms with Gasteiger partial charge in [-0.1, -0.05) is 13.8 Å². The first-order valence-electron chi connectivity index (χ1n) is 4.43. The van der Waals surface area contributed by atoms with Crippen molar-refractivity contribution >= 4 is 11.7 Å². The Hall–Kier alpha value is -0.860. The molecule has 0 aromatic carbocycles. The van der Waals surface area contributed by atoms with E-state index in [1.54, 1.807) is 6.92 Å². The van der Waals surface area contributed by atoms with Crippen molar-refractivity contribution in [1.82, 2.24) is 0 Å². The van der Waals surface area contributed by atoms with Gasteiger partial charge in [-0.05, 0) is 23.8 Å². The Kier molecular flexibility index (Phi) is 2.22. The zero-order valence-electron chi connectivity index (χ0n) is 8.09. The maximum Gasteiger partial charge on any atom is 0.298 e. The molecular weight excluding hydrogens is 150 g/mol. The van der Waals surface area contributed by atoms with E-state index in [-0.39, 0.29) is 5.41 Å². The van der Waals surface area contributed by atoms with E-state index in [1.807, 2.05) is 0 Å². The smallest absolute Gasteiger partial charge is 0.298 e. The highest BCUT2D eigenvalue weighted by Crippen LogP contribution is 2.52. The minimum Gasteiger partial charge on any atom is -0.367 e. The molecular formula is C9H18N3+. The van der Waals surface area contributed by atoms with Crippen LogP contribution in [0.1, 0.15) is 33.6 Å². The van der Waals surface area contributed by atoms with Crippen LogP contribution in [0.4, 0.5) is 0 Å². The van der Waals surface area contributed by atoms with E-state index in [4.69, 9.17) is 11.1 Å². The number of hydrogen-bond donors (Lipinski definition) is 2. The van der Waals surface area contributed by atoms with Gasteiger partial charge in [0.1, 0.15) is 0 Å². The van der Waals surface area contributed by atoms with Gasteiger partial charge < -0.3 is 5.73 Å². The van der Waals surface area contributed by atoms with E-state index in [0.29, 0.717) is 11.8 Å². The third-order valence-electron chi connectivity index (χ3n) is 2.70. The summed E-state index contributed by atoms with van der Waals surface area (Å²) in [5, 5.41) is 5.86. The largest absolute Gasteiger partial charge is 0.367 e. The molecule has 0 heterocycles. The molecule has 0 atom stereocenters. The van der Waals surface area contributed by atoms with Crippen molar-refractivity contribution in [3.05, 3.63) is 0 Å². The molecule has 0 aromatic heterocycles. The van der Waals surface area contributed by atoms with Gasteiger partial charge in [-0.2, -0.15) is 0 Å². The lowest BCUT2D eigenvalue weighted by atomic mass is 9.91. The molecule has 3 heteroatoms. The van der Waals surface area contributed by atoms with Gasteiger partial charge in [0.15, 0.2) is 0 Å². The Morgan fingerprint density at radius 3 is 2.25 bits per heavy atom. The lowest BCUT2D eigenvalue weighted by molar-refractivity contribution is -0.124. The predicted octanol–water partition coefficient (Wildman–Crippen LogP) is -0.0427. The number of hydrogen-bond acceptors (Lipinski definition) is 0. The predicted molar refractivity (Wildman–Crippen MR) is 50.7 cm³/mol. The van der Waals surface area contributed by atoms with Crippen LogP contribution in [-0.2, 0) is 0 Å². The van der Waals surface area contributed by atoms with Gasteiger partial charge in [-0.15, -0.1) is 0 Å². The van der Waals surface area contributed by atoms with Gasteiger partial charge in [-0.25, -0.2) is 0 Å². The molecule has 0 radical (unpaired) electrons. The van der Waals surface area contributed by atoms with E-state index >= 15 is 0 Å². The molecule has 1 fully saturated rings. The topological polar surface area (TPSA) is 64.0 Å². The Morgan fingerprint density at radius 1 is 1.50 bits per heavy atom. The van der Waals surface area contributed by atoms with Crippen LogP contribution in [0, 0.1) is 11.3 Å². The summed E-state index contributed by atoms with van der Waals surface area (Å²) < 4.78 is 0. The quantitative estimate of drug-likeness (QED) is 0.441. The number of nitrogens with two attached hydrogens (primary N) is 2. The van der Waals surface area contributed by atoms with Crippen LogP contribution in [0.15, 0.2) is 4.99 Å². The molecule has 1 rings (SSSR count). The van der Waals surface area contributed by atoms with Crippen molar-refractivity contribution in [3.8, 4) is 0 Å². The Balaban J connectivity index is 2.71. The maximum atomic E-state index is 5.86. The molecule has 12 heavy (non-hydrogen) atoms. The first-order valence-corrected chi connectivity index (χ1v) is 4.43. The highest BCUT2D eigenvalue weighted by atomic mass is 14.9. The van der Waals surface area contributed by atoms with Crippen LogP contribution >= 0.6 is 0 Å². The molecule has 1 aliphatic carbocycles. The molecule has 1 saturated carbocycles. The Bertz CT molecular complexity index is 220. The van der Waals surface area contributed by atoms with Gasteiger partial charge >= 0.3 is 0 Å². The number of aliphatic imine (C=N–C) groups is 1. The van der Waals surface area contributed by atoms with E-state index in [1.165, 1.54) is 0 Å². The summed E-state index contributed by atoms with van der Waals surface area (Å²) in [5.74, 6) is 1.84. The lowest BCUT2D eigenvalue weighted by Crippen LogP contribution is -2.46. The standard InChI is InChI=1S/C9H17N3/c1-6(2)9(4-5-9)8(11)12-7(3)10/h6H,4-5H2,1-3H3,(H3,10,11,12)/p+1. The average Bonchev–Trinajstić information content (AvgIpc) is 2.63. The summed E-state index contributed by atoms with van der Waals surface area (Å²) in [4.78, 5) is 4.12. The van der Waals surface area contributed by atoms with E-state index in [9.17, 15) is 0 Å². The highest BCUT2D eigenvalue weighted by Gasteiger charge is 2.54. The number of nitrogens with zero attached hydrogens (tertiary/aromatic N) is 1. The monoisotopic (exact) mass is 168 g/mol. The average molecular weight is 168 g/mol. The van der Waals surface area contributed by atoms with Crippen molar-refractivity contribution in [2.45, 2.75) is 33.6 Å².